The van der Waals surface area contributed by atoms with Crippen molar-refractivity contribution in [1.82, 2.24) is 0 Å². The van der Waals surface area contributed by atoms with Gasteiger partial charge >= 0.3 is 11.9 Å². The number of aliphatic carboxylic acids is 2. The topological polar surface area (TPSA) is 148 Å². The van der Waals surface area contributed by atoms with E-state index in [1.165, 1.54) is 0 Å². The van der Waals surface area contributed by atoms with Gasteiger partial charge < -0.3 is 48.1 Å². The van der Waals surface area contributed by atoms with E-state index in [1.54, 1.807) is 0 Å². The highest BCUT2D eigenvalue weighted by atomic mass is 16.5. The number of para-hydroxylation sites is 4. The minimum absolute atomic E-state index is 0.126. The summed E-state index contributed by atoms with van der Waals surface area (Å²) in [6, 6.07) is 15.6. The molecule has 50 heavy (non-hydrogen) atoms. The predicted octanol–water partition coefficient (Wildman–Crippen LogP) is 6.67. The molecule has 4 rings (SSSR count). The van der Waals surface area contributed by atoms with E-state index in [1.807, 2.05) is 55.5 Å². The molecule has 0 saturated heterocycles. The number of hydrogen-bond acceptors (Lipinski definition) is 10. The molecule has 0 unspecified atom stereocenters. The van der Waals surface area contributed by atoms with Gasteiger partial charge in [-0.2, -0.15) is 0 Å². The summed E-state index contributed by atoms with van der Waals surface area (Å²) >= 11 is 0. The largest absolute Gasteiger partial charge is 0.490 e. The van der Waals surface area contributed by atoms with Crippen molar-refractivity contribution in [3.05, 3.63) is 48.5 Å². The summed E-state index contributed by atoms with van der Waals surface area (Å²) in [6.45, 7) is 10.4. The first-order chi connectivity index (χ1) is 24.5. The van der Waals surface area contributed by atoms with Crippen LogP contribution in [0.4, 0.5) is 0 Å². The number of rotatable bonds is 6. The maximum atomic E-state index is 10.1. The average Bonchev–Trinajstić information content (AvgIpc) is 3.13. The molecular formula is C38H58O12. The van der Waals surface area contributed by atoms with E-state index in [0.29, 0.717) is 39.3 Å². The van der Waals surface area contributed by atoms with Crippen LogP contribution in [0.15, 0.2) is 48.5 Å². The molecule has 282 valence electrons. The summed E-state index contributed by atoms with van der Waals surface area (Å²) in [5, 5.41) is 16.6. The molecular weight excluding hydrogens is 648 g/mol. The fourth-order valence-corrected chi connectivity index (χ4v) is 4.57. The Morgan fingerprint density at radius 3 is 0.960 bits per heavy atom. The van der Waals surface area contributed by atoms with Crippen LogP contribution in [0.1, 0.15) is 71.1 Å². The molecule has 0 aliphatic carbocycles. The van der Waals surface area contributed by atoms with Gasteiger partial charge in [0.25, 0.3) is 0 Å². The van der Waals surface area contributed by atoms with Crippen LogP contribution < -0.4 is 18.9 Å². The summed E-state index contributed by atoms with van der Waals surface area (Å²) in [5.41, 5.74) is 0. The lowest BCUT2D eigenvalue weighted by Crippen LogP contribution is -2.06. The van der Waals surface area contributed by atoms with Gasteiger partial charge in [-0.15, -0.1) is 0 Å². The zero-order chi connectivity index (χ0) is 35.9. The fourth-order valence-electron chi connectivity index (χ4n) is 4.57. The monoisotopic (exact) mass is 706 g/mol. The second-order valence-corrected chi connectivity index (χ2v) is 11.8. The van der Waals surface area contributed by atoms with Crippen LogP contribution >= 0.6 is 0 Å². The molecule has 2 aliphatic rings. The smallest absolute Gasteiger partial charge is 0.303 e. The molecule has 0 aromatic heterocycles. The van der Waals surface area contributed by atoms with Crippen molar-refractivity contribution in [3.63, 3.8) is 0 Å². The molecule has 0 atom stereocenters. The Hall–Kier alpha value is -3.58. The van der Waals surface area contributed by atoms with Gasteiger partial charge in [0.15, 0.2) is 23.0 Å². The fraction of sp³-hybridized carbons (Fsp3) is 0.632. The SMILES string of the molecule is CC(CCC(=O)O)CCC(=O)O.c1ccc2c(c1)OCCCOCCCOCCCO2.c1ccc2c(c1)OCCCOCCCOCCCO2. The number of ether oxygens (including phenoxy) is 8. The molecule has 2 N–H and O–H groups in total. The number of hydrogen-bond donors (Lipinski definition) is 2. The van der Waals surface area contributed by atoms with Crippen LogP contribution in [0.25, 0.3) is 0 Å². The van der Waals surface area contributed by atoms with Gasteiger partial charge in [0.05, 0.1) is 26.4 Å². The van der Waals surface area contributed by atoms with Crippen LogP contribution in [0, 0.1) is 5.92 Å². The Kier molecular flexibility index (Phi) is 24.9. The standard InChI is InChI=1S/2C15H22O4.C8H14O4/c2*1-2-7-15-14(6-1)18-12-4-10-16-8-3-9-17-11-5-13-19-15;1-6(2-4-7(9)10)3-5-8(11)12/h2*1-2,6-7H,3-5,8-13H2;6H,2-5H2,1H3,(H,9,10)(H,11,12). The van der Waals surface area contributed by atoms with Crippen molar-refractivity contribution in [1.29, 1.82) is 0 Å². The van der Waals surface area contributed by atoms with Crippen molar-refractivity contribution in [3.8, 4) is 23.0 Å². The number of carboxylic acid groups (broad SMARTS) is 2. The van der Waals surface area contributed by atoms with Gasteiger partial charge in [-0.25, -0.2) is 0 Å². The first-order valence-corrected chi connectivity index (χ1v) is 17.9. The lowest BCUT2D eigenvalue weighted by molar-refractivity contribution is -0.137. The van der Waals surface area contributed by atoms with E-state index >= 15 is 0 Å². The van der Waals surface area contributed by atoms with Crippen LogP contribution in [-0.2, 0) is 28.5 Å². The molecule has 0 fully saturated rings. The molecule has 2 heterocycles. The summed E-state index contributed by atoms with van der Waals surface area (Å²) in [7, 11) is 0. The maximum absolute atomic E-state index is 10.1. The van der Waals surface area contributed by atoms with E-state index < -0.39 is 11.9 Å². The zero-order valence-corrected chi connectivity index (χ0v) is 29.7. The van der Waals surface area contributed by atoms with Crippen molar-refractivity contribution < 1.29 is 57.7 Å². The normalized spacial score (nSPS) is 17.0. The summed E-state index contributed by atoms with van der Waals surface area (Å²) in [5.74, 6) is 1.75. The molecule has 0 saturated carbocycles. The third-order valence-electron chi connectivity index (χ3n) is 7.32. The molecule has 2 aromatic rings. The predicted molar refractivity (Wildman–Crippen MR) is 189 cm³/mol. The molecule has 0 radical (unpaired) electrons. The van der Waals surface area contributed by atoms with Gasteiger partial charge in [-0.3, -0.25) is 9.59 Å². The number of carbonyl (C=O) groups is 2. The number of fused-ring (bicyclic) bond motifs is 2. The second-order valence-electron chi connectivity index (χ2n) is 11.8. The van der Waals surface area contributed by atoms with E-state index in [-0.39, 0.29) is 18.8 Å². The maximum Gasteiger partial charge on any atom is 0.303 e. The Morgan fingerprint density at radius 2 is 0.720 bits per heavy atom. The molecule has 2 aliphatic heterocycles. The first-order valence-electron chi connectivity index (χ1n) is 17.9. The highest BCUT2D eigenvalue weighted by Gasteiger charge is 2.08. The van der Waals surface area contributed by atoms with Crippen LogP contribution in [0.5, 0.6) is 23.0 Å². The van der Waals surface area contributed by atoms with Crippen molar-refractivity contribution >= 4 is 11.9 Å². The average molecular weight is 707 g/mol. The number of carboxylic acids is 2. The van der Waals surface area contributed by atoms with Crippen LogP contribution in [0.3, 0.4) is 0 Å². The third-order valence-corrected chi connectivity index (χ3v) is 7.32. The van der Waals surface area contributed by atoms with Crippen molar-refractivity contribution in [2.45, 2.75) is 71.1 Å². The van der Waals surface area contributed by atoms with Crippen molar-refractivity contribution in [2.24, 2.45) is 5.92 Å². The Balaban J connectivity index is 0.000000269. The summed E-state index contributed by atoms with van der Waals surface area (Å²) in [6.07, 6.45) is 6.80. The molecule has 0 spiro atoms. The zero-order valence-electron chi connectivity index (χ0n) is 29.7. The molecule has 2 aromatic carbocycles. The van der Waals surface area contributed by atoms with Gasteiger partial charge in [0, 0.05) is 91.4 Å². The molecule has 0 bridgehead atoms. The third kappa shape index (κ3) is 22.9. The second kappa shape index (κ2) is 29.2. The van der Waals surface area contributed by atoms with E-state index in [4.69, 9.17) is 48.1 Å². The summed E-state index contributed by atoms with van der Waals surface area (Å²) < 4.78 is 44.9. The lowest BCUT2D eigenvalue weighted by atomic mass is 10.00. The number of benzene rings is 2. The first kappa shape index (κ1) is 42.6. The van der Waals surface area contributed by atoms with Crippen molar-refractivity contribution in [2.75, 3.05) is 79.3 Å². The highest BCUT2D eigenvalue weighted by Crippen LogP contribution is 2.27. The lowest BCUT2D eigenvalue weighted by Gasteiger charge is -2.12. The summed E-state index contributed by atoms with van der Waals surface area (Å²) in [4.78, 5) is 20.3. The van der Waals surface area contributed by atoms with Gasteiger partial charge in [-0.1, -0.05) is 31.2 Å². The van der Waals surface area contributed by atoms with Gasteiger partial charge in [-0.05, 0) is 55.9 Å². The highest BCUT2D eigenvalue weighted by molar-refractivity contribution is 5.67. The van der Waals surface area contributed by atoms with E-state index in [0.717, 1.165) is 114 Å². The minimum atomic E-state index is -0.822. The quantitative estimate of drug-likeness (QED) is 0.330. The van der Waals surface area contributed by atoms with Crippen LogP contribution in [-0.4, -0.2) is 101 Å². The van der Waals surface area contributed by atoms with E-state index in [9.17, 15) is 9.59 Å². The Bertz CT molecular complexity index is 991. The Morgan fingerprint density at radius 1 is 0.480 bits per heavy atom. The molecule has 12 nitrogen and oxygen atoms in total. The van der Waals surface area contributed by atoms with E-state index in [2.05, 4.69) is 0 Å². The molecule has 12 heteroatoms. The Labute approximate surface area is 297 Å². The van der Waals surface area contributed by atoms with Gasteiger partial charge in [0.2, 0.25) is 0 Å². The van der Waals surface area contributed by atoms with Crippen LogP contribution in [0.2, 0.25) is 0 Å². The molecule has 0 amide bonds. The minimum Gasteiger partial charge on any atom is -0.490 e. The van der Waals surface area contributed by atoms with Gasteiger partial charge in [0.1, 0.15) is 0 Å².